The molecule has 2 N–H and O–H groups in total. The van der Waals surface area contributed by atoms with Crippen LogP contribution in [0.1, 0.15) is 16.8 Å². The van der Waals surface area contributed by atoms with Gasteiger partial charge in [-0.2, -0.15) is 0 Å². The lowest BCUT2D eigenvalue weighted by atomic mass is 10.0. The van der Waals surface area contributed by atoms with E-state index < -0.39 is 5.91 Å². The van der Waals surface area contributed by atoms with E-state index in [1.807, 2.05) is 54.6 Å². The summed E-state index contributed by atoms with van der Waals surface area (Å²) >= 11 is 0. The van der Waals surface area contributed by atoms with Crippen LogP contribution >= 0.6 is 0 Å². The molecule has 136 valence electrons. The molecule has 1 aliphatic heterocycles. The number of carbonyl (C=O) groups excluding carboxylic acids is 1. The maximum Gasteiger partial charge on any atom is 0.250 e. The van der Waals surface area contributed by atoms with Gasteiger partial charge in [0.2, 0.25) is 5.88 Å². The summed E-state index contributed by atoms with van der Waals surface area (Å²) in [5.41, 5.74) is 8.66. The van der Waals surface area contributed by atoms with E-state index in [-0.39, 0.29) is 6.10 Å². The molecule has 0 spiro atoms. The topological polar surface area (TPSA) is 81.3 Å². The Morgan fingerprint density at radius 2 is 1.89 bits per heavy atom. The molecule has 3 heterocycles. The molecule has 1 atom stereocenters. The van der Waals surface area contributed by atoms with Crippen LogP contribution < -0.4 is 15.4 Å². The van der Waals surface area contributed by atoms with Gasteiger partial charge in [-0.25, -0.2) is 4.98 Å². The number of amides is 1. The van der Waals surface area contributed by atoms with Crippen molar-refractivity contribution >= 4 is 11.6 Å². The Morgan fingerprint density at radius 3 is 2.59 bits per heavy atom. The zero-order valence-corrected chi connectivity index (χ0v) is 14.8. The molecule has 1 amide bonds. The number of nitrogens with zero attached hydrogens (tertiary/aromatic N) is 3. The number of carbonyl (C=O) groups is 1. The number of benzene rings is 1. The number of ether oxygens (including phenoxy) is 1. The van der Waals surface area contributed by atoms with Crippen molar-refractivity contribution in [2.24, 2.45) is 5.73 Å². The third-order valence-electron chi connectivity index (χ3n) is 4.63. The molecule has 4 rings (SSSR count). The van der Waals surface area contributed by atoms with E-state index in [1.54, 1.807) is 12.4 Å². The SMILES string of the molecule is NC(=O)c1cc(-c2ccccn2)ccc1N1CCC(Oc2ccccn2)C1. The lowest BCUT2D eigenvalue weighted by Crippen LogP contribution is -2.27. The van der Waals surface area contributed by atoms with Gasteiger partial charge in [-0.05, 0) is 30.3 Å². The zero-order chi connectivity index (χ0) is 18.6. The third kappa shape index (κ3) is 3.74. The van der Waals surface area contributed by atoms with Gasteiger partial charge in [0.25, 0.3) is 5.91 Å². The number of hydrogen-bond donors (Lipinski definition) is 1. The maximum absolute atomic E-state index is 12.1. The molecule has 1 aromatic carbocycles. The summed E-state index contributed by atoms with van der Waals surface area (Å²) in [5.74, 6) is 0.168. The van der Waals surface area contributed by atoms with Crippen LogP contribution in [0, 0.1) is 0 Å². The molecule has 27 heavy (non-hydrogen) atoms. The fraction of sp³-hybridized carbons (Fsp3) is 0.190. The second kappa shape index (κ2) is 7.45. The number of rotatable bonds is 5. The van der Waals surface area contributed by atoms with Crippen LogP contribution in [0.25, 0.3) is 11.3 Å². The minimum absolute atomic E-state index is 0.0242. The van der Waals surface area contributed by atoms with Gasteiger partial charge in [0.05, 0.1) is 17.8 Å². The summed E-state index contributed by atoms with van der Waals surface area (Å²) < 4.78 is 5.94. The van der Waals surface area contributed by atoms with Gasteiger partial charge in [-0.3, -0.25) is 9.78 Å². The first-order chi connectivity index (χ1) is 13.2. The highest BCUT2D eigenvalue weighted by Crippen LogP contribution is 2.29. The van der Waals surface area contributed by atoms with Crippen LogP contribution in [-0.4, -0.2) is 35.1 Å². The summed E-state index contributed by atoms with van der Waals surface area (Å²) in [6.45, 7) is 1.47. The second-order valence-corrected chi connectivity index (χ2v) is 6.45. The summed E-state index contributed by atoms with van der Waals surface area (Å²) in [6.07, 6.45) is 4.32. The van der Waals surface area contributed by atoms with Gasteiger partial charge in [0, 0.05) is 42.7 Å². The Kier molecular flexibility index (Phi) is 4.70. The van der Waals surface area contributed by atoms with Crippen molar-refractivity contribution in [2.45, 2.75) is 12.5 Å². The molecule has 1 unspecified atom stereocenters. The van der Waals surface area contributed by atoms with E-state index in [0.717, 1.165) is 29.9 Å². The highest BCUT2D eigenvalue weighted by molar-refractivity contribution is 6.00. The van der Waals surface area contributed by atoms with Crippen LogP contribution in [0.2, 0.25) is 0 Å². The Hall–Kier alpha value is -3.41. The largest absolute Gasteiger partial charge is 0.472 e. The van der Waals surface area contributed by atoms with Gasteiger partial charge < -0.3 is 15.4 Å². The van der Waals surface area contributed by atoms with Crippen molar-refractivity contribution < 1.29 is 9.53 Å². The minimum atomic E-state index is -0.447. The number of nitrogens with two attached hydrogens (primary N) is 1. The molecule has 6 nitrogen and oxygen atoms in total. The van der Waals surface area contributed by atoms with E-state index in [4.69, 9.17) is 10.5 Å². The average molecular weight is 360 g/mol. The van der Waals surface area contributed by atoms with Crippen molar-refractivity contribution in [1.82, 2.24) is 9.97 Å². The van der Waals surface area contributed by atoms with Gasteiger partial charge in [0.1, 0.15) is 6.10 Å². The van der Waals surface area contributed by atoms with Crippen LogP contribution in [0.5, 0.6) is 5.88 Å². The van der Waals surface area contributed by atoms with Crippen molar-refractivity contribution in [1.29, 1.82) is 0 Å². The fourth-order valence-electron chi connectivity index (χ4n) is 3.33. The van der Waals surface area contributed by atoms with Gasteiger partial charge in [-0.1, -0.05) is 18.2 Å². The van der Waals surface area contributed by atoms with Crippen LogP contribution in [0.4, 0.5) is 5.69 Å². The molecule has 1 saturated heterocycles. The molecule has 0 bridgehead atoms. The zero-order valence-electron chi connectivity index (χ0n) is 14.8. The van der Waals surface area contributed by atoms with Crippen molar-refractivity contribution in [3.05, 3.63) is 72.6 Å². The molecule has 0 radical (unpaired) electrons. The number of primary amides is 1. The summed E-state index contributed by atoms with van der Waals surface area (Å²) in [4.78, 5) is 22.8. The van der Waals surface area contributed by atoms with E-state index in [1.165, 1.54) is 0 Å². The van der Waals surface area contributed by atoms with Crippen LogP contribution in [0.3, 0.4) is 0 Å². The van der Waals surface area contributed by atoms with E-state index in [0.29, 0.717) is 18.0 Å². The number of pyridine rings is 2. The Morgan fingerprint density at radius 1 is 1.07 bits per heavy atom. The third-order valence-corrected chi connectivity index (χ3v) is 4.63. The molecule has 1 aliphatic rings. The summed E-state index contributed by atoms with van der Waals surface area (Å²) in [5, 5.41) is 0. The van der Waals surface area contributed by atoms with Crippen molar-refractivity contribution in [3.63, 3.8) is 0 Å². The number of aromatic nitrogens is 2. The summed E-state index contributed by atoms with van der Waals surface area (Å²) in [6, 6.07) is 17.0. The normalized spacial score (nSPS) is 16.3. The number of hydrogen-bond acceptors (Lipinski definition) is 5. The maximum atomic E-state index is 12.1. The monoisotopic (exact) mass is 360 g/mol. The first kappa shape index (κ1) is 17.0. The molecule has 0 aliphatic carbocycles. The average Bonchev–Trinajstić information content (AvgIpc) is 3.17. The highest BCUT2D eigenvalue weighted by atomic mass is 16.5. The van der Waals surface area contributed by atoms with Crippen LogP contribution in [-0.2, 0) is 0 Å². The molecular weight excluding hydrogens is 340 g/mol. The van der Waals surface area contributed by atoms with Gasteiger partial charge in [0.15, 0.2) is 0 Å². The Balaban J connectivity index is 1.56. The lowest BCUT2D eigenvalue weighted by Gasteiger charge is -2.21. The van der Waals surface area contributed by atoms with Crippen molar-refractivity contribution in [2.75, 3.05) is 18.0 Å². The molecule has 6 heteroatoms. The standard InChI is InChI=1S/C21H20N4O2/c22-21(26)17-13-15(18-5-1-3-10-23-18)7-8-19(17)25-12-9-16(14-25)27-20-6-2-4-11-24-20/h1-8,10-11,13,16H,9,12,14H2,(H2,22,26). The number of anilines is 1. The van der Waals surface area contributed by atoms with Crippen molar-refractivity contribution in [3.8, 4) is 17.1 Å². The van der Waals surface area contributed by atoms with E-state index >= 15 is 0 Å². The first-order valence-electron chi connectivity index (χ1n) is 8.88. The quantitative estimate of drug-likeness (QED) is 0.757. The molecule has 3 aromatic rings. The second-order valence-electron chi connectivity index (χ2n) is 6.45. The van der Waals surface area contributed by atoms with Crippen LogP contribution in [0.15, 0.2) is 67.0 Å². The molecule has 0 saturated carbocycles. The lowest BCUT2D eigenvalue weighted by molar-refractivity contribution is 0.100. The smallest absolute Gasteiger partial charge is 0.250 e. The Labute approximate surface area is 157 Å². The predicted molar refractivity (Wildman–Crippen MR) is 104 cm³/mol. The molecule has 2 aromatic heterocycles. The molecule has 1 fully saturated rings. The first-order valence-corrected chi connectivity index (χ1v) is 8.88. The minimum Gasteiger partial charge on any atom is -0.472 e. The molecular formula is C21H20N4O2. The van der Waals surface area contributed by atoms with E-state index in [9.17, 15) is 4.79 Å². The predicted octanol–water partition coefficient (Wildman–Crippen LogP) is 2.90. The fourth-order valence-corrected chi connectivity index (χ4v) is 3.33. The van der Waals surface area contributed by atoms with E-state index in [2.05, 4.69) is 14.9 Å². The van der Waals surface area contributed by atoms with Gasteiger partial charge in [-0.15, -0.1) is 0 Å². The van der Waals surface area contributed by atoms with Gasteiger partial charge >= 0.3 is 0 Å². The Bertz CT molecular complexity index is 931. The summed E-state index contributed by atoms with van der Waals surface area (Å²) in [7, 11) is 0. The highest BCUT2D eigenvalue weighted by Gasteiger charge is 2.27.